The summed E-state index contributed by atoms with van der Waals surface area (Å²) in [6.45, 7) is 0.504. The first-order chi connectivity index (χ1) is 17.4. The molecule has 0 bridgehead atoms. The van der Waals surface area contributed by atoms with Crippen molar-refractivity contribution in [2.45, 2.75) is 12.8 Å². The van der Waals surface area contributed by atoms with E-state index in [0.29, 0.717) is 47.6 Å². The zero-order valence-electron chi connectivity index (χ0n) is 18.9. The molecule has 9 nitrogen and oxygen atoms in total. The van der Waals surface area contributed by atoms with Crippen molar-refractivity contribution in [3.63, 3.8) is 0 Å². The summed E-state index contributed by atoms with van der Waals surface area (Å²) >= 11 is 0. The minimum atomic E-state index is -0.480. The van der Waals surface area contributed by atoms with E-state index in [2.05, 4.69) is 10.4 Å². The number of carbonyl (C=O) groups is 2. The van der Waals surface area contributed by atoms with Crippen LogP contribution in [0, 0.1) is 15.9 Å². The number of nitro groups is 1. The molecule has 2 heterocycles. The van der Waals surface area contributed by atoms with Crippen LogP contribution < -0.4 is 10.2 Å². The van der Waals surface area contributed by atoms with Gasteiger partial charge in [0, 0.05) is 41.8 Å². The molecule has 0 radical (unpaired) electrons. The number of anilines is 2. The Bertz CT molecular complexity index is 1460. The van der Waals surface area contributed by atoms with Crippen LogP contribution in [0.2, 0.25) is 0 Å². The highest BCUT2D eigenvalue weighted by atomic mass is 19.1. The monoisotopic (exact) mass is 485 g/mol. The number of nitro benzene ring substituents is 1. The van der Waals surface area contributed by atoms with Gasteiger partial charge in [0.25, 0.3) is 17.5 Å². The Labute approximate surface area is 204 Å². The van der Waals surface area contributed by atoms with E-state index in [1.165, 1.54) is 47.3 Å². The van der Waals surface area contributed by atoms with Crippen molar-refractivity contribution in [3.05, 3.63) is 112 Å². The highest BCUT2D eigenvalue weighted by Gasteiger charge is 2.26. The number of halogens is 1. The largest absolute Gasteiger partial charge is 0.322 e. The highest BCUT2D eigenvalue weighted by molar-refractivity contribution is 6.08. The van der Waals surface area contributed by atoms with Crippen molar-refractivity contribution in [2.24, 2.45) is 0 Å². The van der Waals surface area contributed by atoms with Gasteiger partial charge in [0.15, 0.2) is 0 Å². The second kappa shape index (κ2) is 9.41. The normalized spacial score (nSPS) is 12.6. The molecule has 180 valence electrons. The van der Waals surface area contributed by atoms with Crippen LogP contribution in [-0.2, 0) is 6.42 Å². The number of rotatable bonds is 5. The third-order valence-corrected chi connectivity index (χ3v) is 6.00. The van der Waals surface area contributed by atoms with Gasteiger partial charge in [-0.1, -0.05) is 6.07 Å². The van der Waals surface area contributed by atoms with Crippen molar-refractivity contribution < 1.29 is 18.9 Å². The van der Waals surface area contributed by atoms with Crippen molar-refractivity contribution in [1.29, 1.82) is 0 Å². The molecule has 0 unspecified atom stereocenters. The first-order valence-corrected chi connectivity index (χ1v) is 11.2. The van der Waals surface area contributed by atoms with Gasteiger partial charge < -0.3 is 10.2 Å². The predicted octanol–water partition coefficient (Wildman–Crippen LogP) is 4.76. The SMILES string of the molecule is O=C(Nc1cccc2c1CCCN2C(=O)c1cnn(-c2ccc([N+](=O)[O-])cc2)c1)c1ccc(F)cc1. The molecule has 36 heavy (non-hydrogen) atoms. The zero-order valence-corrected chi connectivity index (χ0v) is 18.9. The van der Waals surface area contributed by atoms with Crippen molar-refractivity contribution in [3.8, 4) is 5.69 Å². The number of nitrogens with zero attached hydrogens (tertiary/aromatic N) is 4. The molecular weight excluding hydrogens is 465 g/mol. The van der Waals surface area contributed by atoms with Crippen LogP contribution in [0.5, 0.6) is 0 Å². The topological polar surface area (TPSA) is 110 Å². The maximum Gasteiger partial charge on any atom is 0.269 e. The fraction of sp³-hybridized carbons (Fsp3) is 0.115. The molecule has 1 N–H and O–H groups in total. The Hall–Kier alpha value is -4.86. The molecule has 0 saturated carbocycles. The van der Waals surface area contributed by atoms with E-state index in [1.54, 1.807) is 35.4 Å². The van der Waals surface area contributed by atoms with E-state index in [-0.39, 0.29) is 17.5 Å². The smallest absolute Gasteiger partial charge is 0.269 e. The highest BCUT2D eigenvalue weighted by Crippen LogP contribution is 2.34. The first kappa shape index (κ1) is 22.9. The quantitative estimate of drug-likeness (QED) is 0.324. The number of amides is 2. The maximum absolute atomic E-state index is 13.4. The van der Waals surface area contributed by atoms with Crippen LogP contribution in [0.3, 0.4) is 0 Å². The number of carbonyl (C=O) groups excluding carboxylic acids is 2. The van der Waals surface area contributed by atoms with Crippen LogP contribution >= 0.6 is 0 Å². The molecule has 10 heteroatoms. The molecule has 1 aromatic heterocycles. The number of fused-ring (bicyclic) bond motifs is 1. The minimum Gasteiger partial charge on any atom is -0.322 e. The number of non-ortho nitro benzene ring substituents is 1. The standard InChI is InChI=1S/C26H20FN5O4/c27-19-8-6-17(7-9-19)25(33)29-23-4-1-5-24-22(23)3-2-14-30(24)26(34)18-15-28-31(16-18)20-10-12-21(13-11-20)32(35)36/h1,4-13,15-16H,2-3,14H2,(H,29,33). The summed E-state index contributed by atoms with van der Waals surface area (Å²) in [4.78, 5) is 38.1. The van der Waals surface area contributed by atoms with Crippen molar-refractivity contribution >= 4 is 28.9 Å². The summed E-state index contributed by atoms with van der Waals surface area (Å²) in [5, 5.41) is 18.0. The van der Waals surface area contributed by atoms with E-state index in [9.17, 15) is 24.1 Å². The average Bonchev–Trinajstić information content (AvgIpc) is 3.39. The molecule has 1 aliphatic heterocycles. The molecule has 0 saturated heterocycles. The molecule has 3 aromatic carbocycles. The number of aromatic nitrogens is 2. The molecule has 0 aliphatic carbocycles. The molecule has 2 amide bonds. The van der Waals surface area contributed by atoms with Crippen LogP contribution in [0.15, 0.2) is 79.1 Å². The lowest BCUT2D eigenvalue weighted by molar-refractivity contribution is -0.384. The molecule has 0 fully saturated rings. The molecule has 4 aromatic rings. The van der Waals surface area contributed by atoms with Gasteiger partial charge in [-0.15, -0.1) is 0 Å². The molecular formula is C26H20FN5O4. The van der Waals surface area contributed by atoms with E-state index < -0.39 is 10.7 Å². The third kappa shape index (κ3) is 4.43. The van der Waals surface area contributed by atoms with E-state index in [0.717, 1.165) is 5.56 Å². The lowest BCUT2D eigenvalue weighted by atomic mass is 9.98. The van der Waals surface area contributed by atoms with Crippen LogP contribution in [0.4, 0.5) is 21.5 Å². The van der Waals surface area contributed by atoms with Gasteiger partial charge in [0.2, 0.25) is 0 Å². The van der Waals surface area contributed by atoms with Gasteiger partial charge in [-0.05, 0) is 66.9 Å². The molecule has 0 atom stereocenters. The third-order valence-electron chi connectivity index (χ3n) is 6.00. The number of hydrogen-bond donors (Lipinski definition) is 1. The summed E-state index contributed by atoms with van der Waals surface area (Å²) in [5.41, 5.74) is 3.39. The van der Waals surface area contributed by atoms with E-state index in [1.807, 2.05) is 6.07 Å². The lowest BCUT2D eigenvalue weighted by Gasteiger charge is -2.30. The molecule has 0 spiro atoms. The number of nitrogens with one attached hydrogen (secondary N) is 1. The van der Waals surface area contributed by atoms with Crippen LogP contribution in [0.1, 0.15) is 32.7 Å². The Morgan fingerprint density at radius 2 is 1.75 bits per heavy atom. The van der Waals surface area contributed by atoms with Crippen LogP contribution in [-0.4, -0.2) is 33.1 Å². The Morgan fingerprint density at radius 1 is 1.00 bits per heavy atom. The van der Waals surface area contributed by atoms with Gasteiger partial charge in [-0.25, -0.2) is 9.07 Å². The average molecular weight is 485 g/mol. The summed E-state index contributed by atoms with van der Waals surface area (Å²) in [6, 6.07) is 16.5. The fourth-order valence-electron chi connectivity index (χ4n) is 4.21. The van der Waals surface area contributed by atoms with Crippen LogP contribution in [0.25, 0.3) is 5.69 Å². The van der Waals surface area contributed by atoms with Gasteiger partial charge >= 0.3 is 0 Å². The predicted molar refractivity (Wildman–Crippen MR) is 131 cm³/mol. The first-order valence-electron chi connectivity index (χ1n) is 11.2. The number of benzene rings is 3. The van der Waals surface area contributed by atoms with Gasteiger partial charge in [0.05, 0.1) is 22.4 Å². The molecule has 1 aliphatic rings. The van der Waals surface area contributed by atoms with Gasteiger partial charge in [-0.2, -0.15) is 5.10 Å². The summed E-state index contributed by atoms with van der Waals surface area (Å²) in [7, 11) is 0. The number of hydrogen-bond acceptors (Lipinski definition) is 5. The second-order valence-corrected chi connectivity index (χ2v) is 8.27. The lowest BCUT2D eigenvalue weighted by Crippen LogP contribution is -2.35. The van der Waals surface area contributed by atoms with Gasteiger partial charge in [-0.3, -0.25) is 19.7 Å². The second-order valence-electron chi connectivity index (χ2n) is 8.27. The Morgan fingerprint density at radius 3 is 2.47 bits per heavy atom. The summed E-state index contributed by atoms with van der Waals surface area (Å²) in [6.07, 6.45) is 4.43. The van der Waals surface area contributed by atoms with Crippen molar-refractivity contribution in [2.75, 3.05) is 16.8 Å². The zero-order chi connectivity index (χ0) is 25.2. The maximum atomic E-state index is 13.4. The summed E-state index contributed by atoms with van der Waals surface area (Å²) < 4.78 is 14.7. The van der Waals surface area contributed by atoms with E-state index in [4.69, 9.17) is 0 Å². The minimum absolute atomic E-state index is 0.0329. The Balaban J connectivity index is 1.38. The van der Waals surface area contributed by atoms with Crippen molar-refractivity contribution in [1.82, 2.24) is 9.78 Å². The summed E-state index contributed by atoms with van der Waals surface area (Å²) in [5.74, 6) is -1.03. The van der Waals surface area contributed by atoms with Gasteiger partial charge in [0.1, 0.15) is 5.82 Å². The fourth-order valence-corrected chi connectivity index (χ4v) is 4.21. The molecule has 5 rings (SSSR count). The Kier molecular flexibility index (Phi) is 5.99. The van der Waals surface area contributed by atoms with E-state index >= 15 is 0 Å².